The van der Waals surface area contributed by atoms with Gasteiger partial charge in [-0.25, -0.2) is 4.79 Å². The van der Waals surface area contributed by atoms with Crippen molar-refractivity contribution in [1.82, 2.24) is 9.78 Å². The maximum absolute atomic E-state index is 12.2. The third kappa shape index (κ3) is 2.98. The lowest BCUT2D eigenvalue weighted by molar-refractivity contribution is 0.251. The molecule has 0 spiro atoms. The maximum Gasteiger partial charge on any atom is 0.346 e. The highest BCUT2D eigenvalue weighted by Crippen LogP contribution is 2.17. The topological polar surface area (TPSA) is 56.1 Å². The molecule has 2 aromatic carbocycles. The summed E-state index contributed by atoms with van der Waals surface area (Å²) in [5.74, 6) is 0.739. The molecule has 0 aliphatic carbocycles. The van der Waals surface area contributed by atoms with Gasteiger partial charge in [-0.1, -0.05) is 30.3 Å². The maximum atomic E-state index is 12.2. The van der Waals surface area contributed by atoms with E-state index < -0.39 is 0 Å². The zero-order chi connectivity index (χ0) is 15.4. The van der Waals surface area contributed by atoms with Gasteiger partial charge in [0.1, 0.15) is 5.75 Å². The van der Waals surface area contributed by atoms with Crippen LogP contribution in [0.3, 0.4) is 0 Å². The molecular formula is C17H15N3O2. The van der Waals surface area contributed by atoms with Crippen molar-refractivity contribution in [3.05, 3.63) is 66.9 Å². The van der Waals surface area contributed by atoms with Crippen molar-refractivity contribution < 1.29 is 9.53 Å². The summed E-state index contributed by atoms with van der Waals surface area (Å²) in [6.07, 6.45) is 1.64. The number of nitrogens with one attached hydrogen (secondary N) is 1. The number of rotatable bonds is 3. The summed E-state index contributed by atoms with van der Waals surface area (Å²) in [4.78, 5) is 12.2. The lowest BCUT2D eigenvalue weighted by Crippen LogP contribution is -2.19. The largest absolute Gasteiger partial charge is 0.497 e. The molecule has 1 N–H and O–H groups in total. The number of benzene rings is 2. The van der Waals surface area contributed by atoms with Crippen LogP contribution in [0.5, 0.6) is 5.75 Å². The lowest BCUT2D eigenvalue weighted by atomic mass is 10.2. The SMILES string of the molecule is COc1ccc(NC(=O)n2ccc(-c3ccccc3)n2)cc1. The summed E-state index contributed by atoms with van der Waals surface area (Å²) in [6, 6.07) is 18.3. The van der Waals surface area contributed by atoms with E-state index in [0.29, 0.717) is 5.69 Å². The molecule has 0 saturated carbocycles. The molecule has 0 saturated heterocycles. The number of aromatic nitrogens is 2. The highest BCUT2D eigenvalue weighted by atomic mass is 16.5. The molecule has 0 aliphatic rings. The van der Waals surface area contributed by atoms with Crippen LogP contribution < -0.4 is 10.1 Å². The molecule has 22 heavy (non-hydrogen) atoms. The quantitative estimate of drug-likeness (QED) is 0.802. The van der Waals surface area contributed by atoms with E-state index in [9.17, 15) is 4.79 Å². The Morgan fingerprint density at radius 2 is 1.77 bits per heavy atom. The fourth-order valence-electron chi connectivity index (χ4n) is 2.06. The summed E-state index contributed by atoms with van der Waals surface area (Å²) in [5, 5.41) is 7.07. The van der Waals surface area contributed by atoms with Crippen LogP contribution in [0.1, 0.15) is 0 Å². The van der Waals surface area contributed by atoms with Crippen molar-refractivity contribution in [3.63, 3.8) is 0 Å². The molecule has 0 bridgehead atoms. The Bertz CT molecular complexity index is 764. The van der Waals surface area contributed by atoms with E-state index in [-0.39, 0.29) is 6.03 Å². The van der Waals surface area contributed by atoms with Crippen LogP contribution in [0.2, 0.25) is 0 Å². The smallest absolute Gasteiger partial charge is 0.346 e. The third-order valence-electron chi connectivity index (χ3n) is 3.21. The highest BCUT2D eigenvalue weighted by molar-refractivity contribution is 5.90. The zero-order valence-corrected chi connectivity index (χ0v) is 12.1. The number of carbonyl (C=O) groups is 1. The molecular weight excluding hydrogens is 278 g/mol. The molecule has 110 valence electrons. The van der Waals surface area contributed by atoms with Gasteiger partial charge in [0.15, 0.2) is 0 Å². The lowest BCUT2D eigenvalue weighted by Gasteiger charge is -2.05. The number of hydrogen-bond donors (Lipinski definition) is 1. The first-order valence-corrected chi connectivity index (χ1v) is 6.83. The van der Waals surface area contributed by atoms with Gasteiger partial charge in [-0.2, -0.15) is 9.78 Å². The summed E-state index contributed by atoms with van der Waals surface area (Å²) < 4.78 is 6.37. The molecule has 3 aromatic rings. The second-order valence-corrected chi connectivity index (χ2v) is 4.67. The zero-order valence-electron chi connectivity index (χ0n) is 12.1. The van der Waals surface area contributed by atoms with Crippen LogP contribution in [-0.4, -0.2) is 22.9 Å². The standard InChI is InChI=1S/C17H15N3O2/c1-22-15-9-7-14(8-10-15)18-17(21)20-12-11-16(19-20)13-5-3-2-4-6-13/h2-12H,1H3,(H,18,21). The summed E-state index contributed by atoms with van der Waals surface area (Å²) >= 11 is 0. The minimum absolute atomic E-state index is 0.313. The van der Waals surface area contributed by atoms with E-state index >= 15 is 0 Å². The predicted molar refractivity (Wildman–Crippen MR) is 85.1 cm³/mol. The molecule has 0 radical (unpaired) electrons. The van der Waals surface area contributed by atoms with E-state index in [1.54, 1.807) is 37.6 Å². The van der Waals surface area contributed by atoms with Crippen LogP contribution in [0, 0.1) is 0 Å². The molecule has 0 fully saturated rings. The summed E-state index contributed by atoms with van der Waals surface area (Å²) in [5.41, 5.74) is 2.41. The van der Waals surface area contributed by atoms with Gasteiger partial charge in [0, 0.05) is 17.4 Å². The monoisotopic (exact) mass is 293 g/mol. The average Bonchev–Trinajstić information content (AvgIpc) is 3.06. The van der Waals surface area contributed by atoms with Crippen LogP contribution in [0.25, 0.3) is 11.3 Å². The minimum atomic E-state index is -0.313. The molecule has 5 heteroatoms. The number of nitrogens with zero attached hydrogens (tertiary/aromatic N) is 2. The Labute approximate surface area is 128 Å². The number of amides is 1. The number of carbonyl (C=O) groups excluding carboxylic acids is 1. The van der Waals surface area contributed by atoms with Crippen LogP contribution in [-0.2, 0) is 0 Å². The number of ether oxygens (including phenoxy) is 1. The van der Waals surface area contributed by atoms with Crippen molar-refractivity contribution >= 4 is 11.7 Å². The molecule has 3 rings (SSSR count). The molecule has 0 aliphatic heterocycles. The van der Waals surface area contributed by atoms with Crippen LogP contribution >= 0.6 is 0 Å². The number of hydrogen-bond acceptors (Lipinski definition) is 3. The van der Waals surface area contributed by atoms with Crippen molar-refractivity contribution in [3.8, 4) is 17.0 Å². The van der Waals surface area contributed by atoms with E-state index in [0.717, 1.165) is 17.0 Å². The highest BCUT2D eigenvalue weighted by Gasteiger charge is 2.08. The van der Waals surface area contributed by atoms with Gasteiger partial charge in [0.2, 0.25) is 0 Å². The van der Waals surface area contributed by atoms with Gasteiger partial charge in [0.05, 0.1) is 12.8 Å². The fourth-order valence-corrected chi connectivity index (χ4v) is 2.06. The van der Waals surface area contributed by atoms with E-state index in [1.165, 1.54) is 4.68 Å². The van der Waals surface area contributed by atoms with Crippen LogP contribution in [0.15, 0.2) is 66.9 Å². The van der Waals surface area contributed by atoms with Gasteiger partial charge in [0.25, 0.3) is 0 Å². The summed E-state index contributed by atoms with van der Waals surface area (Å²) in [6.45, 7) is 0. The Kier molecular flexibility index (Phi) is 3.87. The molecule has 1 amide bonds. The van der Waals surface area contributed by atoms with E-state index in [4.69, 9.17) is 4.74 Å². The normalized spacial score (nSPS) is 10.2. The summed E-state index contributed by atoms with van der Waals surface area (Å²) in [7, 11) is 1.60. The molecule has 1 aromatic heterocycles. The van der Waals surface area contributed by atoms with Crippen LogP contribution in [0.4, 0.5) is 10.5 Å². The van der Waals surface area contributed by atoms with Gasteiger partial charge in [-0.15, -0.1) is 0 Å². The first-order valence-electron chi connectivity index (χ1n) is 6.83. The van der Waals surface area contributed by atoms with Gasteiger partial charge in [-0.05, 0) is 30.3 Å². The van der Waals surface area contributed by atoms with Gasteiger partial charge < -0.3 is 10.1 Å². The van der Waals surface area contributed by atoms with E-state index in [2.05, 4.69) is 10.4 Å². The fraction of sp³-hybridized carbons (Fsp3) is 0.0588. The van der Waals surface area contributed by atoms with E-state index in [1.807, 2.05) is 36.4 Å². The Balaban J connectivity index is 1.74. The predicted octanol–water partition coefficient (Wildman–Crippen LogP) is 3.64. The van der Waals surface area contributed by atoms with Crippen molar-refractivity contribution in [2.75, 3.05) is 12.4 Å². The Morgan fingerprint density at radius 3 is 2.45 bits per heavy atom. The molecule has 0 atom stereocenters. The third-order valence-corrected chi connectivity index (χ3v) is 3.21. The number of anilines is 1. The van der Waals surface area contributed by atoms with Crippen molar-refractivity contribution in [2.45, 2.75) is 0 Å². The second-order valence-electron chi connectivity index (χ2n) is 4.67. The number of methoxy groups -OCH3 is 1. The van der Waals surface area contributed by atoms with Gasteiger partial charge >= 0.3 is 6.03 Å². The Hall–Kier alpha value is -3.08. The first kappa shape index (κ1) is 13.9. The first-order chi connectivity index (χ1) is 10.8. The molecule has 1 heterocycles. The van der Waals surface area contributed by atoms with Crippen molar-refractivity contribution in [1.29, 1.82) is 0 Å². The van der Waals surface area contributed by atoms with Crippen molar-refractivity contribution in [2.24, 2.45) is 0 Å². The second kappa shape index (κ2) is 6.13. The Morgan fingerprint density at radius 1 is 1.05 bits per heavy atom. The van der Waals surface area contributed by atoms with Gasteiger partial charge in [-0.3, -0.25) is 0 Å². The molecule has 5 nitrogen and oxygen atoms in total. The minimum Gasteiger partial charge on any atom is -0.497 e. The molecule has 0 unspecified atom stereocenters. The average molecular weight is 293 g/mol.